The third-order valence-corrected chi connectivity index (χ3v) is 5.26. The highest BCUT2D eigenvalue weighted by Gasteiger charge is 2.54. The molecular weight excluding hydrogens is 406 g/mol. The van der Waals surface area contributed by atoms with E-state index in [-0.39, 0.29) is 24.1 Å². The van der Waals surface area contributed by atoms with Gasteiger partial charge in [-0.3, -0.25) is 14.5 Å². The molecule has 1 heterocycles. The topological polar surface area (TPSA) is 91.4 Å². The second-order valence-corrected chi connectivity index (χ2v) is 8.69. The lowest BCUT2D eigenvalue weighted by molar-refractivity contribution is -0.168. The van der Waals surface area contributed by atoms with E-state index in [1.807, 2.05) is 0 Å². The molecule has 8 nitrogen and oxygen atoms in total. The summed E-state index contributed by atoms with van der Waals surface area (Å²) in [5.41, 5.74) is -0.681. The molecule has 0 radical (unpaired) electrons. The van der Waals surface area contributed by atoms with Crippen LogP contribution < -0.4 is 0 Å². The third-order valence-electron chi connectivity index (χ3n) is 3.70. The summed E-state index contributed by atoms with van der Waals surface area (Å²) in [6, 6.07) is 0. The van der Waals surface area contributed by atoms with Gasteiger partial charge in [-0.1, -0.05) is 11.8 Å². The first-order valence-corrected chi connectivity index (χ1v) is 10.5. The average Bonchev–Trinajstić information content (AvgIpc) is 2.54. The number of carbonyl (C=O) groups is 3. The van der Waals surface area contributed by atoms with E-state index in [1.54, 1.807) is 41.5 Å². The van der Waals surface area contributed by atoms with Crippen molar-refractivity contribution in [3.63, 3.8) is 0 Å². The molecule has 0 bridgehead atoms. The van der Waals surface area contributed by atoms with Crippen LogP contribution in [0, 0.1) is 11.8 Å². The Morgan fingerprint density at radius 2 is 1.54 bits per heavy atom. The van der Waals surface area contributed by atoms with Gasteiger partial charge in [0.15, 0.2) is 5.92 Å². The molecule has 0 aromatic heterocycles. The number of likely N-dealkylation sites (tertiary alicyclic amines) is 1. The molecule has 0 N–H and O–H groups in total. The van der Waals surface area contributed by atoms with Crippen molar-refractivity contribution in [2.45, 2.75) is 52.5 Å². The van der Waals surface area contributed by atoms with E-state index in [0.29, 0.717) is 6.61 Å². The Balaban J connectivity index is 3.07. The monoisotopic (exact) mass is 435 g/mol. The van der Waals surface area contributed by atoms with Crippen molar-refractivity contribution in [2.24, 2.45) is 11.8 Å². The van der Waals surface area contributed by atoms with Crippen molar-refractivity contribution in [1.29, 1.82) is 0 Å². The van der Waals surface area contributed by atoms with Crippen LogP contribution in [0.2, 0.25) is 0 Å². The lowest BCUT2D eigenvalue weighted by atomic mass is 9.85. The van der Waals surface area contributed by atoms with E-state index in [2.05, 4.69) is 0 Å². The molecule has 28 heavy (non-hydrogen) atoms. The first-order valence-electron chi connectivity index (χ1n) is 9.21. The molecule has 0 aliphatic carbocycles. The Bertz CT molecular complexity index is 573. The van der Waals surface area contributed by atoms with E-state index in [0.717, 1.165) is 11.8 Å². The van der Waals surface area contributed by atoms with Gasteiger partial charge in [0, 0.05) is 12.5 Å². The number of hydrogen-bond donors (Lipinski definition) is 0. The highest BCUT2D eigenvalue weighted by atomic mass is 32.2. The van der Waals surface area contributed by atoms with Crippen LogP contribution >= 0.6 is 24.0 Å². The summed E-state index contributed by atoms with van der Waals surface area (Å²) < 4.78 is 21.1. The molecular formula is C18H29NO7S2. The molecule has 1 rings (SSSR count). The number of amides is 1. The van der Waals surface area contributed by atoms with Crippen LogP contribution in [0.5, 0.6) is 0 Å². The zero-order valence-electron chi connectivity index (χ0n) is 17.2. The van der Waals surface area contributed by atoms with Gasteiger partial charge in [-0.2, -0.15) is 0 Å². The van der Waals surface area contributed by atoms with Crippen molar-refractivity contribution in [3.8, 4) is 0 Å². The quantitative estimate of drug-likeness (QED) is 0.259. The normalized spacial score (nSPS) is 18.9. The lowest BCUT2D eigenvalue weighted by Crippen LogP contribution is -2.62. The Labute approximate surface area is 175 Å². The Morgan fingerprint density at radius 1 is 1.04 bits per heavy atom. The summed E-state index contributed by atoms with van der Waals surface area (Å²) in [7, 11) is 0. The van der Waals surface area contributed by atoms with Crippen molar-refractivity contribution in [3.05, 3.63) is 0 Å². The zero-order valence-corrected chi connectivity index (χ0v) is 18.8. The third kappa shape index (κ3) is 6.80. The summed E-state index contributed by atoms with van der Waals surface area (Å²) in [5, 5.41) is -0.604. The van der Waals surface area contributed by atoms with E-state index in [4.69, 9.17) is 31.2 Å². The summed E-state index contributed by atoms with van der Waals surface area (Å²) in [6.07, 6.45) is -0.549. The first kappa shape index (κ1) is 24.5. The van der Waals surface area contributed by atoms with Crippen molar-refractivity contribution in [2.75, 3.05) is 26.4 Å². The highest BCUT2D eigenvalue weighted by molar-refractivity contribution is 8.23. The summed E-state index contributed by atoms with van der Waals surface area (Å²) in [4.78, 5) is 38.8. The number of rotatable bonds is 7. The van der Waals surface area contributed by atoms with Gasteiger partial charge in [-0.25, -0.2) is 4.79 Å². The molecule has 1 aliphatic rings. The molecule has 1 fully saturated rings. The minimum Gasteiger partial charge on any atom is -0.479 e. The maximum Gasteiger partial charge on any atom is 0.411 e. The summed E-state index contributed by atoms with van der Waals surface area (Å²) in [6.45, 7) is 11.2. The number of nitrogens with zero attached hydrogens (tertiary/aromatic N) is 1. The zero-order chi connectivity index (χ0) is 21.5. The first-order chi connectivity index (χ1) is 13.1. The number of ether oxygens (including phenoxy) is 4. The molecule has 0 saturated carbocycles. The van der Waals surface area contributed by atoms with Crippen LogP contribution in [0.25, 0.3) is 0 Å². The van der Waals surface area contributed by atoms with Gasteiger partial charge < -0.3 is 18.9 Å². The van der Waals surface area contributed by atoms with Crippen LogP contribution in [-0.4, -0.2) is 64.7 Å². The molecule has 0 spiro atoms. The van der Waals surface area contributed by atoms with Gasteiger partial charge in [0.2, 0.25) is 4.38 Å². The van der Waals surface area contributed by atoms with E-state index in [9.17, 15) is 14.4 Å². The van der Waals surface area contributed by atoms with E-state index in [1.165, 1.54) is 4.90 Å². The van der Waals surface area contributed by atoms with E-state index < -0.39 is 40.8 Å². The van der Waals surface area contributed by atoms with Crippen LogP contribution in [0.15, 0.2) is 0 Å². The second kappa shape index (κ2) is 10.8. The van der Waals surface area contributed by atoms with Crippen LogP contribution in [-0.2, 0) is 28.5 Å². The predicted molar refractivity (Wildman–Crippen MR) is 109 cm³/mol. The van der Waals surface area contributed by atoms with Crippen molar-refractivity contribution < 1.29 is 33.3 Å². The molecule has 160 valence electrons. The molecule has 2 atom stereocenters. The summed E-state index contributed by atoms with van der Waals surface area (Å²) in [5.74, 6) is -3.04. The van der Waals surface area contributed by atoms with Crippen molar-refractivity contribution >= 4 is 46.4 Å². The number of esters is 2. The number of thiocarbonyl (C=S) groups is 1. The Hall–Kier alpha value is -1.55. The highest BCUT2D eigenvalue weighted by Crippen LogP contribution is 2.41. The molecule has 0 aromatic rings. The average molecular weight is 436 g/mol. The van der Waals surface area contributed by atoms with E-state index >= 15 is 0 Å². The largest absolute Gasteiger partial charge is 0.479 e. The number of carbonyl (C=O) groups excluding carboxylic acids is 3. The fraction of sp³-hybridized carbons (Fsp3) is 0.778. The molecule has 0 aromatic carbocycles. The maximum atomic E-state index is 12.5. The fourth-order valence-electron chi connectivity index (χ4n) is 2.59. The van der Waals surface area contributed by atoms with Gasteiger partial charge in [-0.05, 0) is 53.8 Å². The second-order valence-electron chi connectivity index (χ2n) is 6.97. The molecule has 1 saturated heterocycles. The summed E-state index contributed by atoms with van der Waals surface area (Å²) >= 11 is 6.28. The predicted octanol–water partition coefficient (Wildman–Crippen LogP) is 2.98. The number of hydrogen-bond acceptors (Lipinski definition) is 9. The fourth-order valence-corrected chi connectivity index (χ4v) is 4.11. The minimum atomic E-state index is -1.15. The molecule has 0 unspecified atom stereocenters. The number of thioether (sulfide) groups is 1. The standard InChI is InChI=1S/C18H29NO7S2/c1-7-23-14(20)12(15(21)24-8-2)11-10-19(16(22)26-18(4,5)6)13(11)28-17(27)25-9-3/h11-13H,7-10H2,1-6H3/t11-,13-/m1/s1. The molecule has 1 aliphatic heterocycles. The smallest absolute Gasteiger partial charge is 0.411 e. The Kier molecular flexibility index (Phi) is 9.49. The lowest BCUT2D eigenvalue weighted by Gasteiger charge is -2.48. The van der Waals surface area contributed by atoms with Gasteiger partial charge in [-0.15, -0.1) is 0 Å². The van der Waals surface area contributed by atoms with Gasteiger partial charge >= 0.3 is 18.0 Å². The van der Waals surface area contributed by atoms with Gasteiger partial charge in [0.05, 0.1) is 25.2 Å². The minimum absolute atomic E-state index is 0.131. The van der Waals surface area contributed by atoms with Crippen LogP contribution in [0.4, 0.5) is 4.79 Å². The van der Waals surface area contributed by atoms with Gasteiger partial charge in [0.25, 0.3) is 0 Å². The van der Waals surface area contributed by atoms with Crippen molar-refractivity contribution in [1.82, 2.24) is 4.90 Å². The Morgan fingerprint density at radius 3 is 1.96 bits per heavy atom. The molecule has 1 amide bonds. The molecule has 10 heteroatoms. The maximum absolute atomic E-state index is 12.5. The SMILES string of the molecule is CCOC(=O)C(C(=O)OCC)[C@H]1CN(C(=O)OC(C)(C)C)[C@@H]1SC(=S)OCC. The van der Waals surface area contributed by atoms with Crippen LogP contribution in [0.3, 0.4) is 0 Å². The van der Waals surface area contributed by atoms with Crippen LogP contribution in [0.1, 0.15) is 41.5 Å². The van der Waals surface area contributed by atoms with Gasteiger partial charge in [0.1, 0.15) is 5.60 Å².